The molecule has 0 saturated heterocycles. The van der Waals surface area contributed by atoms with Crippen LogP contribution in [0.4, 0.5) is 0 Å². The van der Waals surface area contributed by atoms with E-state index >= 15 is 0 Å². The topological polar surface area (TPSA) is 50.9 Å². The van der Waals surface area contributed by atoms with Crippen molar-refractivity contribution in [1.29, 1.82) is 0 Å². The van der Waals surface area contributed by atoms with Crippen molar-refractivity contribution < 1.29 is 26.2 Å². The van der Waals surface area contributed by atoms with Crippen LogP contribution in [-0.4, -0.2) is 19.6 Å². The van der Waals surface area contributed by atoms with E-state index in [0.717, 1.165) is 88.8 Å². The summed E-state index contributed by atoms with van der Waals surface area (Å²) in [6, 6.07) is 66.2. The Hall–Kier alpha value is -6.87. The predicted octanol–water partition coefficient (Wildman–Crippen LogP) is 17.0. The number of aromatic hydroxyl groups is 1. The molecule has 346 valence electrons. The summed E-state index contributed by atoms with van der Waals surface area (Å²) in [5.74, 6) is 0.839. The van der Waals surface area contributed by atoms with Crippen LogP contribution in [0.15, 0.2) is 182 Å². The van der Waals surface area contributed by atoms with Crippen LogP contribution in [0.3, 0.4) is 0 Å². The summed E-state index contributed by atoms with van der Waals surface area (Å²) in [6.45, 7) is 20.2. The average Bonchev–Trinajstić information content (AvgIpc) is 3.72. The second-order valence-electron chi connectivity index (χ2n) is 21.2. The van der Waals surface area contributed by atoms with Gasteiger partial charge in [0.25, 0.3) is 0 Å². The minimum Gasteiger partial charge on any atom is -0.507 e. The van der Waals surface area contributed by atoms with Crippen LogP contribution in [-0.2, 0) is 37.3 Å². The van der Waals surface area contributed by atoms with E-state index in [1.54, 1.807) is 0 Å². The molecule has 0 amide bonds. The Kier molecular flexibility index (Phi) is 12.5. The Morgan fingerprint density at radius 2 is 1.03 bits per heavy atom. The number of hydrogen-bond acceptors (Lipinski definition) is 3. The molecule has 5 heteroatoms. The number of nitrogens with zero attached hydrogens (tertiary/aromatic N) is 3. The van der Waals surface area contributed by atoms with Gasteiger partial charge in [-0.2, -0.15) is 0 Å². The summed E-state index contributed by atoms with van der Waals surface area (Å²) in [5.41, 5.74) is 18.1. The second kappa shape index (κ2) is 18.2. The molecule has 10 rings (SSSR count). The smallest absolute Gasteiger partial charge is 0.148 e. The molecule has 0 radical (unpaired) electrons. The summed E-state index contributed by atoms with van der Waals surface area (Å²) in [5, 5.41) is 13.0. The van der Waals surface area contributed by atoms with Crippen molar-refractivity contribution >= 4 is 21.9 Å². The van der Waals surface area contributed by atoms with Crippen molar-refractivity contribution in [2.24, 2.45) is 0 Å². The molecule has 4 nitrogen and oxygen atoms in total. The number of phenolic OH excluding ortho intramolecular Hbond substituents is 1. The number of fused-ring (bicyclic) bond motifs is 2. The predicted molar refractivity (Wildman–Crippen MR) is 286 cm³/mol. The van der Waals surface area contributed by atoms with E-state index in [9.17, 15) is 5.11 Å². The maximum Gasteiger partial charge on any atom is 0.148 e. The molecule has 8 aromatic carbocycles. The third kappa shape index (κ3) is 9.11. The minimum absolute atomic E-state index is 0. The summed E-state index contributed by atoms with van der Waals surface area (Å²) >= 11 is 0. The SMILES string of the molecule is CC(C)(C)c1ccc(O)c(-c2nc3c(-c4[c-]c(-c5cc(C(C)(C)C)cc6c(-c7ccccc7)ccnc56)ccc4)cc(-c4ccccc4)cc3n2-c2ccc(C(C)(C)C)c(-c3ccccc3)c2)c1.[Pt]. The number of pyridine rings is 1. The number of benzene rings is 8. The van der Waals surface area contributed by atoms with E-state index in [0.29, 0.717) is 11.4 Å². The van der Waals surface area contributed by atoms with Crippen molar-refractivity contribution in [2.45, 2.75) is 78.6 Å². The van der Waals surface area contributed by atoms with Gasteiger partial charge in [0.05, 0.1) is 16.6 Å². The zero-order valence-electron chi connectivity index (χ0n) is 40.9. The van der Waals surface area contributed by atoms with Gasteiger partial charge in [0, 0.05) is 43.9 Å². The molecule has 10 aromatic rings. The van der Waals surface area contributed by atoms with E-state index in [1.165, 1.54) is 11.1 Å². The van der Waals surface area contributed by atoms with Crippen molar-refractivity contribution in [1.82, 2.24) is 14.5 Å². The Morgan fingerprint density at radius 3 is 1.64 bits per heavy atom. The molecular formula is C64H58N3OPt-. The summed E-state index contributed by atoms with van der Waals surface area (Å²) < 4.78 is 2.25. The van der Waals surface area contributed by atoms with Gasteiger partial charge < -0.3 is 5.11 Å². The molecule has 69 heavy (non-hydrogen) atoms. The summed E-state index contributed by atoms with van der Waals surface area (Å²) in [4.78, 5) is 10.7. The van der Waals surface area contributed by atoms with E-state index in [-0.39, 0.29) is 43.1 Å². The van der Waals surface area contributed by atoms with Gasteiger partial charge in [-0.1, -0.05) is 189 Å². The Labute approximate surface area is 422 Å². The summed E-state index contributed by atoms with van der Waals surface area (Å²) in [7, 11) is 0. The number of rotatable bonds is 7. The molecule has 0 aliphatic heterocycles. The zero-order valence-corrected chi connectivity index (χ0v) is 43.2. The van der Waals surface area contributed by atoms with Crippen LogP contribution in [0.5, 0.6) is 5.75 Å². The van der Waals surface area contributed by atoms with Crippen LogP contribution < -0.4 is 0 Å². The van der Waals surface area contributed by atoms with Gasteiger partial charge in [0.15, 0.2) is 0 Å². The number of phenols is 1. The average molecular weight is 1080 g/mol. The van der Waals surface area contributed by atoms with E-state index in [2.05, 4.69) is 237 Å². The molecule has 0 saturated carbocycles. The molecule has 0 atom stereocenters. The quantitative estimate of drug-likeness (QED) is 0.162. The molecule has 0 aliphatic rings. The largest absolute Gasteiger partial charge is 0.507 e. The fourth-order valence-electron chi connectivity index (χ4n) is 9.53. The van der Waals surface area contributed by atoms with Gasteiger partial charge in [0.1, 0.15) is 11.6 Å². The molecule has 1 N–H and O–H groups in total. The summed E-state index contributed by atoms with van der Waals surface area (Å²) in [6.07, 6.45) is 1.93. The normalized spacial score (nSPS) is 12.1. The molecule has 0 unspecified atom stereocenters. The van der Waals surface area contributed by atoms with Gasteiger partial charge in [0.2, 0.25) is 0 Å². The molecule has 2 heterocycles. The van der Waals surface area contributed by atoms with Crippen LogP contribution in [0.2, 0.25) is 0 Å². The van der Waals surface area contributed by atoms with Crippen LogP contribution in [0.25, 0.3) is 94.6 Å². The standard InChI is InChI=1S/C64H58N3O.Pt/c1-62(2,3)47-28-31-58(68)55(37-47)61-66-60-52(44-26-19-27-45(34-44)53-38-48(63(4,5)6)39-54-50(32-33-65-59(53)54)42-22-15-11-16-23-42)35-46(41-20-13-10-14-21-41)36-57(60)67(61)49-29-30-56(64(7,8)9)51(40-49)43-24-17-12-18-25-43;/h10-33,35-40,68H,1-9H3;/q-1;. The van der Waals surface area contributed by atoms with Crippen LogP contribution in [0.1, 0.15) is 79.0 Å². The van der Waals surface area contributed by atoms with Gasteiger partial charge in [-0.3, -0.25) is 9.55 Å². The van der Waals surface area contributed by atoms with E-state index in [4.69, 9.17) is 9.97 Å². The van der Waals surface area contributed by atoms with E-state index < -0.39 is 0 Å². The van der Waals surface area contributed by atoms with Crippen LogP contribution >= 0.6 is 0 Å². The number of imidazole rings is 1. The van der Waals surface area contributed by atoms with Crippen molar-refractivity contribution in [3.8, 4) is 78.5 Å². The van der Waals surface area contributed by atoms with E-state index in [1.807, 2.05) is 18.3 Å². The first-order valence-corrected chi connectivity index (χ1v) is 23.7. The third-order valence-corrected chi connectivity index (χ3v) is 13.3. The zero-order chi connectivity index (χ0) is 47.5. The Bertz CT molecular complexity index is 3500. The Morgan fingerprint density at radius 1 is 0.449 bits per heavy atom. The van der Waals surface area contributed by atoms with Crippen molar-refractivity contribution in [3.05, 3.63) is 205 Å². The van der Waals surface area contributed by atoms with Crippen molar-refractivity contribution in [2.75, 3.05) is 0 Å². The minimum atomic E-state index is -0.166. The van der Waals surface area contributed by atoms with Crippen LogP contribution in [0, 0.1) is 6.07 Å². The maximum atomic E-state index is 11.9. The first-order chi connectivity index (χ1) is 32.5. The van der Waals surface area contributed by atoms with Gasteiger partial charge in [-0.15, -0.1) is 35.4 Å². The monoisotopic (exact) mass is 1080 g/mol. The molecular weight excluding hydrogens is 1020 g/mol. The van der Waals surface area contributed by atoms with Gasteiger partial charge >= 0.3 is 0 Å². The first-order valence-electron chi connectivity index (χ1n) is 23.7. The fraction of sp³-hybridized carbons (Fsp3) is 0.188. The molecule has 0 bridgehead atoms. The number of hydrogen-bond donors (Lipinski definition) is 1. The molecule has 0 spiro atoms. The molecule has 0 fully saturated rings. The second-order valence-corrected chi connectivity index (χ2v) is 21.2. The maximum absolute atomic E-state index is 11.9. The third-order valence-electron chi connectivity index (χ3n) is 13.3. The first kappa shape index (κ1) is 47.2. The van der Waals surface area contributed by atoms with Gasteiger partial charge in [-0.05, 0) is 109 Å². The van der Waals surface area contributed by atoms with Crippen molar-refractivity contribution in [3.63, 3.8) is 0 Å². The fourth-order valence-corrected chi connectivity index (χ4v) is 9.53. The molecule has 2 aromatic heterocycles. The molecule has 0 aliphatic carbocycles. The number of aromatic nitrogens is 3. The Balaban J connectivity index is 0.00000593. The van der Waals surface area contributed by atoms with Gasteiger partial charge in [-0.25, -0.2) is 4.98 Å².